The van der Waals surface area contributed by atoms with Gasteiger partial charge in [0.05, 0.1) is 22.7 Å². The summed E-state index contributed by atoms with van der Waals surface area (Å²) >= 11 is 0. The van der Waals surface area contributed by atoms with Crippen LogP contribution in [0, 0.1) is 24.0 Å². The maximum atomic E-state index is 12.0. The molecular weight excluding hydrogens is 282 g/mol. The molecule has 0 spiro atoms. The summed E-state index contributed by atoms with van der Waals surface area (Å²) in [7, 11) is 0. The first-order valence-electron chi connectivity index (χ1n) is 6.82. The highest BCUT2D eigenvalue weighted by molar-refractivity contribution is 5.94. The molecule has 0 saturated carbocycles. The van der Waals surface area contributed by atoms with E-state index in [2.05, 4.69) is 10.6 Å². The van der Waals surface area contributed by atoms with Crippen LogP contribution in [-0.4, -0.2) is 17.4 Å². The molecular formula is C16H17N3O3. The van der Waals surface area contributed by atoms with Crippen molar-refractivity contribution in [3.63, 3.8) is 0 Å². The van der Waals surface area contributed by atoms with Gasteiger partial charge in [0.1, 0.15) is 0 Å². The molecule has 0 heterocycles. The molecule has 2 aromatic rings. The number of hydrogen-bond donors (Lipinski definition) is 2. The summed E-state index contributed by atoms with van der Waals surface area (Å²) in [6, 6.07) is 12.3. The van der Waals surface area contributed by atoms with E-state index in [1.165, 1.54) is 6.07 Å². The number of rotatable bonds is 5. The lowest BCUT2D eigenvalue weighted by Crippen LogP contribution is -2.22. The normalized spacial score (nSPS) is 10.1. The summed E-state index contributed by atoms with van der Waals surface area (Å²) in [6.45, 7) is 3.67. The van der Waals surface area contributed by atoms with Crippen LogP contribution in [0.25, 0.3) is 0 Å². The minimum absolute atomic E-state index is 0.00977. The smallest absolute Gasteiger partial charge is 0.274 e. The second kappa shape index (κ2) is 6.71. The van der Waals surface area contributed by atoms with Gasteiger partial charge in [-0.05, 0) is 37.6 Å². The molecule has 1 amide bonds. The van der Waals surface area contributed by atoms with Crippen LogP contribution in [0.2, 0.25) is 0 Å². The molecule has 0 aliphatic rings. The number of nitrogens with zero attached hydrogens (tertiary/aromatic N) is 1. The molecule has 0 aliphatic carbocycles. The summed E-state index contributed by atoms with van der Waals surface area (Å²) < 4.78 is 0. The van der Waals surface area contributed by atoms with Crippen molar-refractivity contribution in [2.75, 3.05) is 17.2 Å². The Bertz CT molecular complexity index is 714. The Labute approximate surface area is 128 Å². The first-order valence-corrected chi connectivity index (χ1v) is 6.82. The SMILES string of the molecule is Cc1cccc(NCC(=O)Nc2cccc([N+](=O)[O-])c2C)c1. The van der Waals surface area contributed by atoms with Gasteiger partial charge in [0.15, 0.2) is 0 Å². The number of amides is 1. The van der Waals surface area contributed by atoms with Crippen molar-refractivity contribution < 1.29 is 9.72 Å². The second-order valence-corrected chi connectivity index (χ2v) is 4.98. The van der Waals surface area contributed by atoms with Crippen LogP contribution >= 0.6 is 0 Å². The van der Waals surface area contributed by atoms with E-state index in [0.29, 0.717) is 11.3 Å². The summed E-state index contributed by atoms with van der Waals surface area (Å²) in [6.07, 6.45) is 0. The lowest BCUT2D eigenvalue weighted by molar-refractivity contribution is -0.385. The highest BCUT2D eigenvalue weighted by Crippen LogP contribution is 2.24. The average Bonchev–Trinajstić information content (AvgIpc) is 2.47. The largest absolute Gasteiger partial charge is 0.376 e. The molecule has 0 radical (unpaired) electrons. The first-order chi connectivity index (χ1) is 10.5. The van der Waals surface area contributed by atoms with Gasteiger partial charge >= 0.3 is 0 Å². The summed E-state index contributed by atoms with van der Waals surface area (Å²) in [5.74, 6) is -0.259. The number of hydrogen-bond acceptors (Lipinski definition) is 4. The van der Waals surface area contributed by atoms with E-state index in [-0.39, 0.29) is 18.1 Å². The van der Waals surface area contributed by atoms with Crippen LogP contribution in [0.15, 0.2) is 42.5 Å². The Balaban J connectivity index is 2.01. The predicted octanol–water partition coefficient (Wildman–Crippen LogP) is 3.26. The van der Waals surface area contributed by atoms with Crippen LogP contribution in [0.1, 0.15) is 11.1 Å². The minimum atomic E-state index is -0.462. The number of carbonyl (C=O) groups is 1. The van der Waals surface area contributed by atoms with Crippen molar-refractivity contribution in [2.24, 2.45) is 0 Å². The molecule has 0 aromatic heterocycles. The number of aryl methyl sites for hydroxylation is 1. The lowest BCUT2D eigenvalue weighted by Gasteiger charge is -2.10. The fourth-order valence-corrected chi connectivity index (χ4v) is 2.09. The highest BCUT2D eigenvalue weighted by Gasteiger charge is 2.14. The van der Waals surface area contributed by atoms with Crippen LogP contribution in [0.3, 0.4) is 0 Å². The quantitative estimate of drug-likeness (QED) is 0.655. The molecule has 6 nitrogen and oxygen atoms in total. The molecule has 0 saturated heterocycles. The number of benzene rings is 2. The molecule has 2 N–H and O–H groups in total. The van der Waals surface area contributed by atoms with Gasteiger partial charge in [-0.25, -0.2) is 0 Å². The van der Waals surface area contributed by atoms with E-state index in [4.69, 9.17) is 0 Å². The molecule has 0 fully saturated rings. The van der Waals surface area contributed by atoms with Crippen LogP contribution < -0.4 is 10.6 Å². The number of nitro benzene ring substituents is 1. The number of anilines is 2. The molecule has 114 valence electrons. The zero-order valence-corrected chi connectivity index (χ0v) is 12.4. The molecule has 2 aromatic carbocycles. The molecule has 2 rings (SSSR count). The zero-order chi connectivity index (χ0) is 16.1. The van der Waals surface area contributed by atoms with Gasteiger partial charge in [-0.3, -0.25) is 14.9 Å². The molecule has 6 heteroatoms. The molecule has 22 heavy (non-hydrogen) atoms. The van der Waals surface area contributed by atoms with Gasteiger partial charge in [0.25, 0.3) is 5.69 Å². The Kier molecular flexibility index (Phi) is 4.73. The number of nitrogens with one attached hydrogen (secondary N) is 2. The molecule has 0 aliphatic heterocycles. The fraction of sp³-hybridized carbons (Fsp3) is 0.188. The predicted molar refractivity (Wildman–Crippen MR) is 86.1 cm³/mol. The average molecular weight is 299 g/mol. The third-order valence-electron chi connectivity index (χ3n) is 3.25. The molecule has 0 bridgehead atoms. The Morgan fingerprint density at radius 3 is 2.59 bits per heavy atom. The highest BCUT2D eigenvalue weighted by atomic mass is 16.6. The van der Waals surface area contributed by atoms with Crippen molar-refractivity contribution in [2.45, 2.75) is 13.8 Å². The van der Waals surface area contributed by atoms with Gasteiger partial charge in [-0.2, -0.15) is 0 Å². The fourth-order valence-electron chi connectivity index (χ4n) is 2.09. The van der Waals surface area contributed by atoms with Crippen molar-refractivity contribution in [3.05, 3.63) is 63.7 Å². The monoisotopic (exact) mass is 299 g/mol. The zero-order valence-electron chi connectivity index (χ0n) is 12.4. The van der Waals surface area contributed by atoms with E-state index in [9.17, 15) is 14.9 Å². The standard InChI is InChI=1S/C16H17N3O3/c1-11-5-3-6-13(9-11)17-10-16(20)18-14-7-4-8-15(12(14)2)19(21)22/h3-9,17H,10H2,1-2H3,(H,18,20). The van der Waals surface area contributed by atoms with Crippen molar-refractivity contribution in [1.82, 2.24) is 0 Å². The topological polar surface area (TPSA) is 84.3 Å². The van der Waals surface area contributed by atoms with Crippen LogP contribution in [0.5, 0.6) is 0 Å². The van der Waals surface area contributed by atoms with Gasteiger partial charge in [0, 0.05) is 11.8 Å². The third-order valence-corrected chi connectivity index (χ3v) is 3.25. The summed E-state index contributed by atoms with van der Waals surface area (Å²) in [5, 5.41) is 16.6. The maximum Gasteiger partial charge on any atom is 0.274 e. The van der Waals surface area contributed by atoms with Crippen LogP contribution in [0.4, 0.5) is 17.1 Å². The third kappa shape index (κ3) is 3.82. The lowest BCUT2D eigenvalue weighted by atomic mass is 10.1. The summed E-state index contributed by atoms with van der Waals surface area (Å²) in [5.41, 5.74) is 2.83. The van der Waals surface area contributed by atoms with Crippen molar-refractivity contribution >= 4 is 23.0 Å². The minimum Gasteiger partial charge on any atom is -0.376 e. The van der Waals surface area contributed by atoms with Gasteiger partial charge in [-0.1, -0.05) is 18.2 Å². The van der Waals surface area contributed by atoms with E-state index in [1.807, 2.05) is 31.2 Å². The Morgan fingerprint density at radius 1 is 1.18 bits per heavy atom. The second-order valence-electron chi connectivity index (χ2n) is 4.98. The maximum absolute atomic E-state index is 12.0. The van der Waals surface area contributed by atoms with E-state index in [1.54, 1.807) is 19.1 Å². The van der Waals surface area contributed by atoms with Gasteiger partial charge in [0.2, 0.25) is 5.91 Å². The number of carbonyl (C=O) groups excluding carboxylic acids is 1. The van der Waals surface area contributed by atoms with Gasteiger partial charge in [-0.15, -0.1) is 0 Å². The first kappa shape index (κ1) is 15.5. The van der Waals surface area contributed by atoms with E-state index >= 15 is 0 Å². The Morgan fingerprint density at radius 2 is 1.91 bits per heavy atom. The van der Waals surface area contributed by atoms with E-state index in [0.717, 1.165) is 11.3 Å². The van der Waals surface area contributed by atoms with Crippen molar-refractivity contribution in [1.29, 1.82) is 0 Å². The van der Waals surface area contributed by atoms with Gasteiger partial charge < -0.3 is 10.6 Å². The van der Waals surface area contributed by atoms with Crippen molar-refractivity contribution in [3.8, 4) is 0 Å². The number of nitro groups is 1. The van der Waals surface area contributed by atoms with Crippen LogP contribution in [-0.2, 0) is 4.79 Å². The molecule has 0 unspecified atom stereocenters. The molecule has 0 atom stereocenters. The van der Waals surface area contributed by atoms with E-state index < -0.39 is 4.92 Å². The summed E-state index contributed by atoms with van der Waals surface area (Å²) in [4.78, 5) is 22.4. The Hall–Kier alpha value is -2.89.